The molecule has 0 radical (unpaired) electrons. The highest BCUT2D eigenvalue weighted by Gasteiger charge is 2.21. The van der Waals surface area contributed by atoms with Crippen molar-refractivity contribution in [2.45, 2.75) is 88.1 Å². The monoisotopic (exact) mass is 588 g/mol. The van der Waals surface area contributed by atoms with Crippen molar-refractivity contribution in [3.63, 3.8) is 0 Å². The number of carboxylic acid groups (broad SMARTS) is 2. The molecule has 10 heteroatoms. The third-order valence-electron chi connectivity index (χ3n) is 6.08. The molecule has 4 N–H and O–H groups in total. The molecule has 2 aromatic carbocycles. The first-order valence-electron chi connectivity index (χ1n) is 13.5. The first kappa shape index (κ1) is 33.2. The lowest BCUT2D eigenvalue weighted by atomic mass is 9.99. The second-order valence-electron chi connectivity index (χ2n) is 10.6. The zero-order chi connectivity index (χ0) is 29.7. The second kappa shape index (κ2) is 17.0. The van der Waals surface area contributed by atoms with Crippen molar-refractivity contribution < 1.29 is 29.4 Å². The average molecular weight is 589 g/mol. The van der Waals surface area contributed by atoms with Gasteiger partial charge in [0.15, 0.2) is 0 Å². The van der Waals surface area contributed by atoms with Crippen LogP contribution in [0.3, 0.4) is 0 Å². The summed E-state index contributed by atoms with van der Waals surface area (Å²) in [5, 5.41) is 24.2. The molecule has 0 aromatic heterocycles. The Kier molecular flexibility index (Phi) is 14.1. The zero-order valence-corrected chi connectivity index (χ0v) is 25.1. The predicted octanol–water partition coefficient (Wildman–Crippen LogP) is 6.50. The van der Waals surface area contributed by atoms with E-state index in [4.69, 9.17) is 10.2 Å². The lowest BCUT2D eigenvalue weighted by Gasteiger charge is -2.21. The van der Waals surface area contributed by atoms with Crippen molar-refractivity contribution in [3.05, 3.63) is 59.7 Å². The standard InChI is InChI=1S/C30H40N2O6S2/c1-19(2)17-21(13-15-27(33)34)31-29(37)23-9-5-7-11-25(23)39-40-26-12-8-6-10-24(26)30(38)32-22(18-20(3)4)14-16-28(35)36/h5-12,19-22H,13-18H2,1-4H3,(H,31,37)(H,32,38)(H,33,34)(H,35,36)/t21-,22-/m1/s1. The van der Waals surface area contributed by atoms with E-state index < -0.39 is 11.9 Å². The van der Waals surface area contributed by atoms with Gasteiger partial charge in [0, 0.05) is 34.7 Å². The van der Waals surface area contributed by atoms with E-state index in [0.717, 1.165) is 9.79 Å². The molecule has 0 spiro atoms. The fourth-order valence-corrected chi connectivity index (χ4v) is 6.66. The van der Waals surface area contributed by atoms with E-state index in [1.165, 1.54) is 21.6 Å². The number of carboxylic acids is 2. The molecular formula is C30H40N2O6S2. The largest absolute Gasteiger partial charge is 0.481 e. The van der Waals surface area contributed by atoms with Gasteiger partial charge in [0.1, 0.15) is 0 Å². The lowest BCUT2D eigenvalue weighted by Crippen LogP contribution is -2.36. The van der Waals surface area contributed by atoms with E-state index in [9.17, 15) is 19.2 Å². The van der Waals surface area contributed by atoms with E-state index in [1.807, 2.05) is 52.0 Å². The molecule has 218 valence electrons. The van der Waals surface area contributed by atoms with Gasteiger partial charge in [-0.15, -0.1) is 0 Å². The number of benzene rings is 2. The van der Waals surface area contributed by atoms with Gasteiger partial charge in [-0.2, -0.15) is 0 Å². The SMILES string of the molecule is CC(C)C[C@@H](CCC(=O)O)NC(=O)c1ccccc1SSc1ccccc1C(=O)N[C@H](CCC(=O)O)CC(C)C. The van der Waals surface area contributed by atoms with Crippen molar-refractivity contribution in [1.82, 2.24) is 10.6 Å². The Hall–Kier alpha value is -2.98. The first-order chi connectivity index (χ1) is 19.0. The number of hydrogen-bond acceptors (Lipinski definition) is 6. The number of carbonyl (C=O) groups excluding carboxylic acids is 2. The van der Waals surface area contributed by atoms with Crippen LogP contribution in [0.25, 0.3) is 0 Å². The van der Waals surface area contributed by atoms with Crippen molar-refractivity contribution in [2.24, 2.45) is 11.8 Å². The molecule has 0 saturated carbocycles. The Labute approximate surface area is 244 Å². The molecule has 40 heavy (non-hydrogen) atoms. The van der Waals surface area contributed by atoms with Crippen LogP contribution in [-0.4, -0.2) is 46.0 Å². The summed E-state index contributed by atoms with van der Waals surface area (Å²) in [6, 6.07) is 13.9. The van der Waals surface area contributed by atoms with Crippen molar-refractivity contribution in [3.8, 4) is 0 Å². The number of aliphatic carboxylic acids is 2. The Morgan fingerprint density at radius 2 is 1.00 bits per heavy atom. The normalized spacial score (nSPS) is 12.7. The Morgan fingerprint density at radius 1 is 0.650 bits per heavy atom. The Morgan fingerprint density at radius 3 is 1.32 bits per heavy atom. The van der Waals surface area contributed by atoms with Gasteiger partial charge in [-0.3, -0.25) is 19.2 Å². The predicted molar refractivity (Wildman–Crippen MR) is 160 cm³/mol. The summed E-state index contributed by atoms with van der Waals surface area (Å²) < 4.78 is 0. The van der Waals surface area contributed by atoms with Gasteiger partial charge in [-0.1, -0.05) is 73.5 Å². The summed E-state index contributed by atoms with van der Waals surface area (Å²) in [7, 11) is 2.73. The van der Waals surface area contributed by atoms with Crippen LogP contribution in [-0.2, 0) is 9.59 Å². The van der Waals surface area contributed by atoms with Gasteiger partial charge < -0.3 is 20.8 Å². The lowest BCUT2D eigenvalue weighted by molar-refractivity contribution is -0.138. The van der Waals surface area contributed by atoms with Crippen LogP contribution in [0.4, 0.5) is 0 Å². The van der Waals surface area contributed by atoms with Crippen molar-refractivity contribution in [1.29, 1.82) is 0 Å². The molecule has 0 bridgehead atoms. The van der Waals surface area contributed by atoms with Crippen molar-refractivity contribution >= 4 is 45.3 Å². The third-order valence-corrected chi connectivity index (χ3v) is 8.56. The van der Waals surface area contributed by atoms with Crippen LogP contribution in [0, 0.1) is 11.8 Å². The van der Waals surface area contributed by atoms with Crippen LogP contribution in [0.15, 0.2) is 58.3 Å². The van der Waals surface area contributed by atoms with Gasteiger partial charge in [0.2, 0.25) is 0 Å². The maximum absolute atomic E-state index is 13.2. The third kappa shape index (κ3) is 12.0. The van der Waals surface area contributed by atoms with E-state index >= 15 is 0 Å². The minimum atomic E-state index is -0.893. The first-order valence-corrected chi connectivity index (χ1v) is 15.7. The molecule has 0 saturated heterocycles. The minimum absolute atomic E-state index is 0.0168. The molecule has 2 rings (SSSR count). The second-order valence-corrected chi connectivity index (χ2v) is 12.8. The van der Waals surface area contributed by atoms with Gasteiger partial charge >= 0.3 is 11.9 Å². The Bertz CT molecular complexity index is 1070. The van der Waals surface area contributed by atoms with Crippen molar-refractivity contribution in [2.75, 3.05) is 0 Å². The van der Waals surface area contributed by atoms with Gasteiger partial charge in [0.25, 0.3) is 11.8 Å². The summed E-state index contributed by atoms with van der Waals surface area (Å²) in [6.45, 7) is 8.13. The van der Waals surface area contributed by atoms with E-state index in [0.29, 0.717) is 48.6 Å². The smallest absolute Gasteiger partial charge is 0.303 e. The highest BCUT2D eigenvalue weighted by Crippen LogP contribution is 2.40. The van der Waals surface area contributed by atoms with Crippen LogP contribution in [0.5, 0.6) is 0 Å². The maximum Gasteiger partial charge on any atom is 0.303 e. The number of nitrogens with one attached hydrogen (secondary N) is 2. The molecule has 0 unspecified atom stereocenters. The molecular weight excluding hydrogens is 548 g/mol. The maximum atomic E-state index is 13.2. The molecule has 0 fully saturated rings. The Balaban J connectivity index is 2.16. The topological polar surface area (TPSA) is 133 Å². The van der Waals surface area contributed by atoms with Crippen LogP contribution in [0.2, 0.25) is 0 Å². The van der Waals surface area contributed by atoms with Crippen LogP contribution < -0.4 is 10.6 Å². The van der Waals surface area contributed by atoms with Gasteiger partial charge in [-0.25, -0.2) is 0 Å². The highest BCUT2D eigenvalue weighted by atomic mass is 33.1. The van der Waals surface area contributed by atoms with Gasteiger partial charge in [-0.05, 0) is 61.8 Å². The summed E-state index contributed by atoms with van der Waals surface area (Å²) in [5.74, 6) is -1.72. The summed E-state index contributed by atoms with van der Waals surface area (Å²) >= 11 is 0. The summed E-state index contributed by atoms with van der Waals surface area (Å²) in [6.07, 6.45) is 2.03. The molecule has 2 atom stereocenters. The summed E-state index contributed by atoms with van der Waals surface area (Å²) in [4.78, 5) is 50.1. The number of rotatable bonds is 17. The van der Waals surface area contributed by atoms with E-state index in [2.05, 4.69) is 10.6 Å². The zero-order valence-electron chi connectivity index (χ0n) is 23.5. The molecule has 0 aliphatic rings. The number of amides is 2. The van der Waals surface area contributed by atoms with E-state index in [1.54, 1.807) is 24.3 Å². The molecule has 0 aliphatic heterocycles. The average Bonchev–Trinajstić information content (AvgIpc) is 2.88. The highest BCUT2D eigenvalue weighted by molar-refractivity contribution is 8.76. The number of hydrogen-bond donors (Lipinski definition) is 4. The molecule has 2 aromatic rings. The number of carbonyl (C=O) groups is 4. The van der Waals surface area contributed by atoms with Crippen LogP contribution in [0.1, 0.15) is 86.9 Å². The molecule has 0 aliphatic carbocycles. The molecule has 2 amide bonds. The molecule has 8 nitrogen and oxygen atoms in total. The van der Waals surface area contributed by atoms with E-state index in [-0.39, 0.29) is 36.7 Å². The van der Waals surface area contributed by atoms with Gasteiger partial charge in [0.05, 0.1) is 11.1 Å². The molecule has 0 heterocycles. The minimum Gasteiger partial charge on any atom is -0.481 e. The fourth-order valence-electron chi connectivity index (χ4n) is 4.30. The fraction of sp³-hybridized carbons (Fsp3) is 0.467. The van der Waals surface area contributed by atoms with Crippen LogP contribution >= 0.6 is 21.6 Å². The summed E-state index contributed by atoms with van der Waals surface area (Å²) in [5.41, 5.74) is 0.966. The quantitative estimate of drug-likeness (QED) is 0.154.